The molecule has 4 heteroatoms. The number of carbonyl (C=O) groups excluding carboxylic acids is 1. The lowest BCUT2D eigenvalue weighted by Gasteiger charge is -2.17. The van der Waals surface area contributed by atoms with Crippen LogP contribution in [0.3, 0.4) is 0 Å². The second-order valence-corrected chi connectivity index (χ2v) is 5.62. The molecule has 0 bridgehead atoms. The number of benzene rings is 1. The summed E-state index contributed by atoms with van der Waals surface area (Å²) in [5.74, 6) is 0.0982. The molecule has 4 nitrogen and oxygen atoms in total. The van der Waals surface area contributed by atoms with Crippen molar-refractivity contribution in [1.29, 1.82) is 0 Å². The van der Waals surface area contributed by atoms with E-state index in [9.17, 15) is 4.79 Å². The van der Waals surface area contributed by atoms with Crippen LogP contribution in [0.5, 0.6) is 0 Å². The summed E-state index contributed by atoms with van der Waals surface area (Å²) in [7, 11) is 0. The summed E-state index contributed by atoms with van der Waals surface area (Å²) < 4.78 is 2.04. The SMILES string of the molecule is N[C@H]1CCN(C(=O)c2cccn2CCc2ccccc2)C1. The van der Waals surface area contributed by atoms with E-state index in [1.165, 1.54) is 5.56 Å². The number of nitrogens with zero attached hydrogens (tertiary/aromatic N) is 2. The third-order valence-corrected chi connectivity index (χ3v) is 4.04. The summed E-state index contributed by atoms with van der Waals surface area (Å²) >= 11 is 0. The first-order chi connectivity index (χ1) is 10.2. The van der Waals surface area contributed by atoms with Crippen LogP contribution in [0.15, 0.2) is 48.7 Å². The second kappa shape index (κ2) is 6.14. The zero-order chi connectivity index (χ0) is 14.7. The third kappa shape index (κ3) is 3.16. The van der Waals surface area contributed by atoms with Gasteiger partial charge >= 0.3 is 0 Å². The van der Waals surface area contributed by atoms with Gasteiger partial charge in [0.2, 0.25) is 0 Å². The van der Waals surface area contributed by atoms with Crippen LogP contribution >= 0.6 is 0 Å². The molecule has 3 rings (SSSR count). The van der Waals surface area contributed by atoms with E-state index in [0.717, 1.165) is 31.6 Å². The predicted molar refractivity (Wildman–Crippen MR) is 83.1 cm³/mol. The quantitative estimate of drug-likeness (QED) is 0.932. The Morgan fingerprint density at radius 3 is 2.71 bits per heavy atom. The molecule has 110 valence electrons. The van der Waals surface area contributed by atoms with Crippen LogP contribution in [-0.4, -0.2) is 34.5 Å². The summed E-state index contributed by atoms with van der Waals surface area (Å²) in [6, 6.07) is 14.3. The number of hydrogen-bond donors (Lipinski definition) is 1. The second-order valence-electron chi connectivity index (χ2n) is 5.62. The molecule has 0 saturated carbocycles. The van der Waals surface area contributed by atoms with E-state index < -0.39 is 0 Å². The zero-order valence-electron chi connectivity index (χ0n) is 12.1. The van der Waals surface area contributed by atoms with E-state index in [1.807, 2.05) is 46.0 Å². The number of hydrogen-bond acceptors (Lipinski definition) is 2. The Hall–Kier alpha value is -2.07. The van der Waals surface area contributed by atoms with Gasteiger partial charge in [-0.25, -0.2) is 0 Å². The molecule has 0 spiro atoms. The van der Waals surface area contributed by atoms with Crippen LogP contribution in [0.1, 0.15) is 22.5 Å². The van der Waals surface area contributed by atoms with Gasteiger partial charge in [0.05, 0.1) is 0 Å². The molecule has 1 aliphatic rings. The van der Waals surface area contributed by atoms with Crippen molar-refractivity contribution < 1.29 is 4.79 Å². The molecule has 1 amide bonds. The number of aromatic nitrogens is 1. The van der Waals surface area contributed by atoms with Crippen molar-refractivity contribution in [3.05, 3.63) is 59.9 Å². The smallest absolute Gasteiger partial charge is 0.270 e. The minimum atomic E-state index is 0.0982. The lowest BCUT2D eigenvalue weighted by molar-refractivity contribution is 0.0780. The average Bonchev–Trinajstić information content (AvgIpc) is 3.14. The molecule has 0 radical (unpaired) electrons. The largest absolute Gasteiger partial charge is 0.343 e. The summed E-state index contributed by atoms with van der Waals surface area (Å²) in [4.78, 5) is 14.4. The molecule has 1 fully saturated rings. The van der Waals surface area contributed by atoms with Crippen molar-refractivity contribution in [3.8, 4) is 0 Å². The molecule has 2 aromatic rings. The van der Waals surface area contributed by atoms with E-state index in [4.69, 9.17) is 5.73 Å². The molecule has 1 aromatic carbocycles. The predicted octanol–water partition coefficient (Wildman–Crippen LogP) is 1.90. The van der Waals surface area contributed by atoms with Gasteiger partial charge in [0.1, 0.15) is 5.69 Å². The standard InChI is InChI=1S/C17H21N3O/c18-15-9-12-20(13-15)17(21)16-7-4-10-19(16)11-8-14-5-2-1-3-6-14/h1-7,10,15H,8-9,11-13,18H2/t15-/m0/s1. The maximum Gasteiger partial charge on any atom is 0.270 e. The van der Waals surface area contributed by atoms with Crippen LogP contribution in [0, 0.1) is 0 Å². The van der Waals surface area contributed by atoms with Crippen LogP contribution in [0.4, 0.5) is 0 Å². The highest BCUT2D eigenvalue weighted by Gasteiger charge is 2.25. The number of carbonyl (C=O) groups is 1. The average molecular weight is 283 g/mol. The first-order valence-electron chi connectivity index (χ1n) is 7.48. The Morgan fingerprint density at radius 1 is 1.19 bits per heavy atom. The Morgan fingerprint density at radius 2 is 2.00 bits per heavy atom. The third-order valence-electron chi connectivity index (χ3n) is 4.04. The van der Waals surface area contributed by atoms with Crippen LogP contribution in [0.2, 0.25) is 0 Å². The highest BCUT2D eigenvalue weighted by atomic mass is 16.2. The van der Waals surface area contributed by atoms with Gasteiger partial charge in [0.25, 0.3) is 5.91 Å². The Labute approximate surface area is 125 Å². The molecule has 0 unspecified atom stereocenters. The van der Waals surface area contributed by atoms with Crippen molar-refractivity contribution >= 4 is 5.91 Å². The van der Waals surface area contributed by atoms with E-state index in [-0.39, 0.29) is 11.9 Å². The van der Waals surface area contributed by atoms with E-state index in [0.29, 0.717) is 6.54 Å². The first-order valence-corrected chi connectivity index (χ1v) is 7.48. The fourth-order valence-electron chi connectivity index (χ4n) is 2.83. The summed E-state index contributed by atoms with van der Waals surface area (Å²) in [5.41, 5.74) is 7.94. The first kappa shape index (κ1) is 13.9. The summed E-state index contributed by atoms with van der Waals surface area (Å²) in [6.07, 6.45) is 3.80. The Balaban J connectivity index is 1.68. The highest BCUT2D eigenvalue weighted by molar-refractivity contribution is 5.93. The fraction of sp³-hybridized carbons (Fsp3) is 0.353. The van der Waals surface area contributed by atoms with Gasteiger partial charge in [-0.15, -0.1) is 0 Å². The lowest BCUT2D eigenvalue weighted by Crippen LogP contribution is -2.33. The van der Waals surface area contributed by atoms with Gasteiger partial charge in [0, 0.05) is 31.9 Å². The van der Waals surface area contributed by atoms with Gasteiger partial charge in [-0.3, -0.25) is 4.79 Å². The Bertz CT molecular complexity index is 606. The molecule has 0 aliphatic carbocycles. The van der Waals surface area contributed by atoms with Crippen LogP contribution in [-0.2, 0) is 13.0 Å². The zero-order valence-corrected chi connectivity index (χ0v) is 12.1. The fourth-order valence-corrected chi connectivity index (χ4v) is 2.83. The summed E-state index contributed by atoms with van der Waals surface area (Å²) in [6.45, 7) is 2.25. The van der Waals surface area contributed by atoms with E-state index >= 15 is 0 Å². The van der Waals surface area contributed by atoms with Gasteiger partial charge in [0.15, 0.2) is 0 Å². The normalized spacial score (nSPS) is 18.1. The topological polar surface area (TPSA) is 51.3 Å². The van der Waals surface area contributed by atoms with E-state index in [2.05, 4.69) is 12.1 Å². The number of aryl methyl sites for hydroxylation is 2. The van der Waals surface area contributed by atoms with Crippen LogP contribution < -0.4 is 5.73 Å². The van der Waals surface area contributed by atoms with Crippen molar-refractivity contribution in [2.75, 3.05) is 13.1 Å². The van der Waals surface area contributed by atoms with Crippen LogP contribution in [0.25, 0.3) is 0 Å². The van der Waals surface area contributed by atoms with E-state index in [1.54, 1.807) is 0 Å². The van der Waals surface area contributed by atoms with Crippen molar-refractivity contribution in [2.24, 2.45) is 5.73 Å². The van der Waals surface area contributed by atoms with Crippen molar-refractivity contribution in [2.45, 2.75) is 25.4 Å². The Kier molecular flexibility index (Phi) is 4.06. The number of amides is 1. The molecular weight excluding hydrogens is 262 g/mol. The molecule has 2 N–H and O–H groups in total. The number of likely N-dealkylation sites (tertiary alicyclic amines) is 1. The minimum absolute atomic E-state index is 0.0982. The van der Waals surface area contributed by atoms with Crippen molar-refractivity contribution in [3.63, 3.8) is 0 Å². The lowest BCUT2D eigenvalue weighted by atomic mass is 10.1. The van der Waals surface area contributed by atoms with Crippen molar-refractivity contribution in [1.82, 2.24) is 9.47 Å². The molecular formula is C17H21N3O. The summed E-state index contributed by atoms with van der Waals surface area (Å²) in [5, 5.41) is 0. The molecule has 1 saturated heterocycles. The molecule has 1 aromatic heterocycles. The molecule has 21 heavy (non-hydrogen) atoms. The maximum absolute atomic E-state index is 12.5. The van der Waals surface area contributed by atoms with Gasteiger partial charge in [-0.2, -0.15) is 0 Å². The number of rotatable bonds is 4. The molecule has 1 atom stereocenters. The monoisotopic (exact) mass is 283 g/mol. The molecule has 1 aliphatic heterocycles. The van der Waals surface area contributed by atoms with Gasteiger partial charge in [-0.1, -0.05) is 30.3 Å². The molecule has 2 heterocycles. The van der Waals surface area contributed by atoms with Gasteiger partial charge < -0.3 is 15.2 Å². The maximum atomic E-state index is 12.5. The number of nitrogens with two attached hydrogens (primary N) is 1. The minimum Gasteiger partial charge on any atom is -0.343 e. The highest BCUT2D eigenvalue weighted by Crippen LogP contribution is 2.14. The van der Waals surface area contributed by atoms with Gasteiger partial charge in [-0.05, 0) is 30.5 Å².